The van der Waals surface area contributed by atoms with Crippen molar-refractivity contribution in [3.05, 3.63) is 76.6 Å². The first kappa shape index (κ1) is 17.0. The number of hydrogen-bond acceptors (Lipinski definition) is 2. The second-order valence-corrected chi connectivity index (χ2v) is 6.21. The van der Waals surface area contributed by atoms with Gasteiger partial charge in [0.2, 0.25) is 0 Å². The molecule has 128 valence electrons. The van der Waals surface area contributed by atoms with Gasteiger partial charge in [-0.25, -0.2) is 4.79 Å². The smallest absolute Gasteiger partial charge is 0.308 e. The van der Waals surface area contributed by atoms with E-state index in [1.165, 1.54) is 0 Å². The Kier molecular flexibility index (Phi) is 5.05. The molecule has 2 amide bonds. The van der Waals surface area contributed by atoms with E-state index in [0.717, 1.165) is 28.3 Å². The van der Waals surface area contributed by atoms with Crippen molar-refractivity contribution in [3.63, 3.8) is 0 Å². The fourth-order valence-corrected chi connectivity index (χ4v) is 2.85. The van der Waals surface area contributed by atoms with Gasteiger partial charge in [0.15, 0.2) is 0 Å². The van der Waals surface area contributed by atoms with Gasteiger partial charge < -0.3 is 10.6 Å². The number of aromatic nitrogens is 2. The molecule has 0 atom stereocenters. The molecule has 3 aromatic rings. The molecule has 0 saturated heterocycles. The second-order valence-electron chi connectivity index (χ2n) is 5.78. The van der Waals surface area contributed by atoms with Gasteiger partial charge in [0, 0.05) is 10.7 Å². The van der Waals surface area contributed by atoms with Crippen molar-refractivity contribution in [2.45, 2.75) is 20.4 Å². The third-order valence-electron chi connectivity index (χ3n) is 3.87. The molecule has 0 spiro atoms. The number of nitrogens with one attached hydrogen (secondary N) is 2. The summed E-state index contributed by atoms with van der Waals surface area (Å²) in [5, 5.41) is 10.9. The van der Waals surface area contributed by atoms with Crippen molar-refractivity contribution in [3.8, 4) is 0 Å². The molecule has 0 bridgehead atoms. The maximum absolute atomic E-state index is 12.2. The lowest BCUT2D eigenvalue weighted by molar-refractivity contribution is 0.262. The molecule has 0 aliphatic heterocycles. The molecule has 2 aromatic carbocycles. The number of rotatable bonds is 4. The van der Waals surface area contributed by atoms with Crippen LogP contribution in [0.4, 0.5) is 16.2 Å². The molecular formula is C19H19ClN4O. The second kappa shape index (κ2) is 7.40. The van der Waals surface area contributed by atoms with Crippen LogP contribution in [-0.4, -0.2) is 15.8 Å². The Hall–Kier alpha value is -2.79. The SMILES string of the molecule is Cc1nn(Cc2cccc(Cl)c2)c(C)c1NC(=O)Nc1ccccc1. The summed E-state index contributed by atoms with van der Waals surface area (Å²) in [5.41, 5.74) is 4.17. The van der Waals surface area contributed by atoms with E-state index in [1.807, 2.05) is 73.1 Å². The van der Waals surface area contributed by atoms with Crippen LogP contribution in [0.3, 0.4) is 0 Å². The molecule has 0 fully saturated rings. The molecule has 6 heteroatoms. The van der Waals surface area contributed by atoms with Gasteiger partial charge in [0.1, 0.15) is 0 Å². The largest absolute Gasteiger partial charge is 0.323 e. The third kappa shape index (κ3) is 4.19. The number of amides is 2. The maximum atomic E-state index is 12.2. The van der Waals surface area contributed by atoms with E-state index in [4.69, 9.17) is 11.6 Å². The zero-order chi connectivity index (χ0) is 17.8. The summed E-state index contributed by atoms with van der Waals surface area (Å²) in [5.74, 6) is 0. The molecule has 0 unspecified atom stereocenters. The Morgan fingerprint density at radius 2 is 1.84 bits per heavy atom. The Labute approximate surface area is 151 Å². The van der Waals surface area contributed by atoms with E-state index in [0.29, 0.717) is 11.6 Å². The highest BCUT2D eigenvalue weighted by molar-refractivity contribution is 6.30. The Morgan fingerprint density at radius 3 is 2.56 bits per heavy atom. The first-order valence-electron chi connectivity index (χ1n) is 7.94. The van der Waals surface area contributed by atoms with Crippen molar-refractivity contribution in [2.24, 2.45) is 0 Å². The fourth-order valence-electron chi connectivity index (χ4n) is 2.64. The first-order valence-corrected chi connectivity index (χ1v) is 8.32. The molecule has 1 aromatic heterocycles. The molecular weight excluding hydrogens is 336 g/mol. The summed E-state index contributed by atoms with van der Waals surface area (Å²) >= 11 is 6.04. The van der Waals surface area contributed by atoms with Gasteiger partial charge in [-0.2, -0.15) is 5.10 Å². The highest BCUT2D eigenvalue weighted by Gasteiger charge is 2.14. The number of halogens is 1. The molecule has 0 saturated carbocycles. The van der Waals surface area contributed by atoms with Gasteiger partial charge in [-0.3, -0.25) is 4.68 Å². The van der Waals surface area contributed by atoms with Crippen molar-refractivity contribution in [2.75, 3.05) is 10.6 Å². The van der Waals surface area contributed by atoms with Gasteiger partial charge in [-0.05, 0) is 43.7 Å². The van der Waals surface area contributed by atoms with Gasteiger partial charge >= 0.3 is 6.03 Å². The highest BCUT2D eigenvalue weighted by atomic mass is 35.5. The minimum atomic E-state index is -0.292. The Bertz CT molecular complexity index is 890. The zero-order valence-corrected chi connectivity index (χ0v) is 14.8. The number of aryl methyl sites for hydroxylation is 1. The van der Waals surface area contributed by atoms with Gasteiger partial charge in [-0.1, -0.05) is 41.9 Å². The number of urea groups is 1. The maximum Gasteiger partial charge on any atom is 0.323 e. The van der Waals surface area contributed by atoms with Crippen LogP contribution >= 0.6 is 11.6 Å². The zero-order valence-electron chi connectivity index (χ0n) is 14.1. The summed E-state index contributed by atoms with van der Waals surface area (Å²) in [7, 11) is 0. The summed E-state index contributed by atoms with van der Waals surface area (Å²) in [6.45, 7) is 4.40. The van der Waals surface area contributed by atoms with Crippen LogP contribution in [-0.2, 0) is 6.54 Å². The van der Waals surface area contributed by atoms with E-state index in [9.17, 15) is 4.79 Å². The minimum absolute atomic E-state index is 0.292. The van der Waals surface area contributed by atoms with Crippen molar-refractivity contribution in [1.29, 1.82) is 0 Å². The topological polar surface area (TPSA) is 59.0 Å². The van der Waals surface area contributed by atoms with Crippen LogP contribution in [0.25, 0.3) is 0 Å². The average Bonchev–Trinajstić information content (AvgIpc) is 2.83. The van der Waals surface area contributed by atoms with E-state index in [2.05, 4.69) is 15.7 Å². The van der Waals surface area contributed by atoms with Crippen molar-refractivity contribution < 1.29 is 4.79 Å². The first-order chi connectivity index (χ1) is 12.0. The van der Waals surface area contributed by atoms with Gasteiger partial charge in [0.05, 0.1) is 23.6 Å². The molecule has 1 heterocycles. The van der Waals surface area contributed by atoms with Crippen molar-refractivity contribution >= 4 is 29.0 Å². The summed E-state index contributed by atoms with van der Waals surface area (Å²) in [6, 6.07) is 16.7. The summed E-state index contributed by atoms with van der Waals surface area (Å²) < 4.78 is 1.86. The molecule has 2 N–H and O–H groups in total. The number of benzene rings is 2. The van der Waals surface area contributed by atoms with Gasteiger partial charge in [0.25, 0.3) is 0 Å². The van der Waals surface area contributed by atoms with E-state index in [1.54, 1.807) is 0 Å². The van der Waals surface area contributed by atoms with Crippen LogP contribution in [0.2, 0.25) is 5.02 Å². The van der Waals surface area contributed by atoms with Crippen LogP contribution in [0.5, 0.6) is 0 Å². The number of anilines is 2. The third-order valence-corrected chi connectivity index (χ3v) is 4.11. The molecule has 0 aliphatic carbocycles. The fraction of sp³-hybridized carbons (Fsp3) is 0.158. The van der Waals surface area contributed by atoms with E-state index >= 15 is 0 Å². The van der Waals surface area contributed by atoms with Crippen LogP contribution in [0, 0.1) is 13.8 Å². The molecule has 0 aliphatic rings. The van der Waals surface area contributed by atoms with Gasteiger partial charge in [-0.15, -0.1) is 0 Å². The lowest BCUT2D eigenvalue weighted by atomic mass is 10.2. The Morgan fingerprint density at radius 1 is 1.08 bits per heavy atom. The van der Waals surface area contributed by atoms with Crippen LogP contribution in [0.1, 0.15) is 17.0 Å². The quantitative estimate of drug-likeness (QED) is 0.703. The lowest BCUT2D eigenvalue weighted by Crippen LogP contribution is -2.20. The predicted molar refractivity (Wildman–Crippen MR) is 101 cm³/mol. The van der Waals surface area contributed by atoms with Crippen molar-refractivity contribution in [1.82, 2.24) is 9.78 Å². The monoisotopic (exact) mass is 354 g/mol. The number of nitrogens with zero attached hydrogens (tertiary/aromatic N) is 2. The molecule has 25 heavy (non-hydrogen) atoms. The highest BCUT2D eigenvalue weighted by Crippen LogP contribution is 2.21. The Balaban J connectivity index is 1.74. The molecule has 0 radical (unpaired) electrons. The molecule has 3 rings (SSSR count). The van der Waals surface area contributed by atoms with Crippen LogP contribution < -0.4 is 10.6 Å². The lowest BCUT2D eigenvalue weighted by Gasteiger charge is -2.09. The standard InChI is InChI=1S/C19H19ClN4O/c1-13-18(22-19(25)21-17-9-4-3-5-10-17)14(2)24(23-13)12-15-7-6-8-16(20)11-15/h3-11H,12H2,1-2H3,(H2,21,22,25). The number of hydrogen-bond donors (Lipinski definition) is 2. The normalized spacial score (nSPS) is 10.5. The predicted octanol–water partition coefficient (Wildman–Crippen LogP) is 4.85. The summed E-state index contributed by atoms with van der Waals surface area (Å²) in [4.78, 5) is 12.2. The molecule has 5 nitrogen and oxygen atoms in total. The number of carbonyl (C=O) groups excluding carboxylic acids is 1. The number of para-hydroxylation sites is 1. The number of carbonyl (C=O) groups is 1. The van der Waals surface area contributed by atoms with Crippen LogP contribution in [0.15, 0.2) is 54.6 Å². The van der Waals surface area contributed by atoms with E-state index in [-0.39, 0.29) is 6.03 Å². The minimum Gasteiger partial charge on any atom is -0.308 e. The van der Waals surface area contributed by atoms with E-state index < -0.39 is 0 Å². The average molecular weight is 355 g/mol. The summed E-state index contributed by atoms with van der Waals surface area (Å²) in [6.07, 6.45) is 0.